The average molecular weight is 429 g/mol. The summed E-state index contributed by atoms with van der Waals surface area (Å²) in [5.74, 6) is -0.851. The number of sulfonamides is 1. The Balaban J connectivity index is 1.45. The van der Waals surface area contributed by atoms with Gasteiger partial charge in [0.15, 0.2) is 6.61 Å². The maximum Gasteiger partial charge on any atom is 0.338 e. The van der Waals surface area contributed by atoms with Gasteiger partial charge in [-0.1, -0.05) is 18.2 Å². The highest BCUT2D eigenvalue weighted by molar-refractivity contribution is 7.92. The van der Waals surface area contributed by atoms with Crippen molar-refractivity contribution in [1.29, 1.82) is 0 Å². The summed E-state index contributed by atoms with van der Waals surface area (Å²) in [6.07, 6.45) is 3.49. The molecule has 0 radical (unpaired) electrons. The van der Waals surface area contributed by atoms with Gasteiger partial charge in [0.25, 0.3) is 5.91 Å². The molecule has 7 nitrogen and oxygen atoms in total. The van der Waals surface area contributed by atoms with Gasteiger partial charge < -0.3 is 9.64 Å². The first-order valence-electron chi connectivity index (χ1n) is 9.93. The summed E-state index contributed by atoms with van der Waals surface area (Å²) in [7, 11) is -3.39. The summed E-state index contributed by atoms with van der Waals surface area (Å²) in [6, 6.07) is 12.4. The Labute approximate surface area is 176 Å². The first-order chi connectivity index (χ1) is 14.3. The monoisotopic (exact) mass is 428 g/mol. The number of hydrogen-bond acceptors (Lipinski definition) is 5. The molecular formula is C22H24N2O5S. The molecule has 158 valence electrons. The minimum atomic E-state index is -3.39. The average Bonchev–Trinajstić information content (AvgIpc) is 3.06. The van der Waals surface area contributed by atoms with Crippen LogP contribution in [0.4, 0.5) is 11.4 Å². The number of fused-ring (bicyclic) bond motifs is 2. The third kappa shape index (κ3) is 3.79. The lowest BCUT2D eigenvalue weighted by atomic mass is 10.0. The van der Waals surface area contributed by atoms with E-state index in [-0.39, 0.29) is 18.6 Å². The van der Waals surface area contributed by atoms with Crippen molar-refractivity contribution in [3.63, 3.8) is 0 Å². The standard InChI is InChI=1S/C22H24N2O5S/c1-15-12-18-13-17(9-10-20(18)24(15)30(2,27)28)22(26)29-14-21(25)23-11-5-7-16-6-3-4-8-19(16)23/h3-4,6,8-10,13,15H,5,7,11-12,14H2,1-2H3. The number of nitrogens with zero attached hydrogens (tertiary/aromatic N) is 2. The molecule has 2 aromatic carbocycles. The minimum Gasteiger partial charge on any atom is -0.452 e. The van der Waals surface area contributed by atoms with Crippen molar-refractivity contribution in [3.05, 3.63) is 59.2 Å². The first kappa shape index (κ1) is 20.4. The summed E-state index contributed by atoms with van der Waals surface area (Å²) in [6.45, 7) is 2.09. The van der Waals surface area contributed by atoms with Crippen LogP contribution in [0.15, 0.2) is 42.5 Å². The molecule has 0 N–H and O–H groups in total. The SMILES string of the molecule is CC1Cc2cc(C(=O)OCC(=O)N3CCCc4ccccc43)ccc2N1S(C)(=O)=O. The second kappa shape index (κ2) is 7.75. The van der Waals surface area contributed by atoms with Gasteiger partial charge in [-0.2, -0.15) is 0 Å². The van der Waals surface area contributed by atoms with Crippen LogP contribution in [0.3, 0.4) is 0 Å². The molecule has 0 aliphatic carbocycles. The van der Waals surface area contributed by atoms with E-state index in [9.17, 15) is 18.0 Å². The molecule has 8 heteroatoms. The van der Waals surface area contributed by atoms with Gasteiger partial charge in [0.1, 0.15) is 0 Å². The molecular weight excluding hydrogens is 404 g/mol. The maximum absolute atomic E-state index is 12.7. The molecule has 0 spiro atoms. The van der Waals surface area contributed by atoms with Crippen molar-refractivity contribution in [2.45, 2.75) is 32.2 Å². The molecule has 2 aromatic rings. The largest absolute Gasteiger partial charge is 0.452 e. The van der Waals surface area contributed by atoms with Crippen molar-refractivity contribution >= 4 is 33.3 Å². The number of hydrogen-bond donors (Lipinski definition) is 0. The summed E-state index contributed by atoms with van der Waals surface area (Å²) >= 11 is 0. The molecule has 2 aliphatic rings. The van der Waals surface area contributed by atoms with E-state index in [0.29, 0.717) is 24.2 Å². The number of carbonyl (C=O) groups is 2. The van der Waals surface area contributed by atoms with Crippen LogP contribution < -0.4 is 9.21 Å². The highest BCUT2D eigenvalue weighted by Crippen LogP contribution is 2.35. The molecule has 30 heavy (non-hydrogen) atoms. The summed E-state index contributed by atoms with van der Waals surface area (Å²) < 4.78 is 30.7. The van der Waals surface area contributed by atoms with E-state index in [1.165, 1.54) is 16.6 Å². The van der Waals surface area contributed by atoms with Gasteiger partial charge in [0.2, 0.25) is 10.0 Å². The number of carbonyl (C=O) groups excluding carboxylic acids is 2. The Kier molecular flexibility index (Phi) is 5.27. The maximum atomic E-state index is 12.7. The number of anilines is 2. The van der Waals surface area contributed by atoms with Crippen molar-refractivity contribution < 1.29 is 22.7 Å². The second-order valence-corrected chi connectivity index (χ2v) is 9.67. The zero-order valence-electron chi connectivity index (χ0n) is 17.0. The first-order valence-corrected chi connectivity index (χ1v) is 11.8. The van der Waals surface area contributed by atoms with Gasteiger partial charge in [-0.15, -0.1) is 0 Å². The third-order valence-corrected chi connectivity index (χ3v) is 6.83. The van der Waals surface area contributed by atoms with E-state index in [4.69, 9.17) is 4.74 Å². The van der Waals surface area contributed by atoms with Gasteiger partial charge >= 0.3 is 5.97 Å². The fourth-order valence-corrected chi connectivity index (χ4v) is 5.58. The van der Waals surface area contributed by atoms with Crippen LogP contribution in [0.1, 0.15) is 34.8 Å². The van der Waals surface area contributed by atoms with E-state index in [0.717, 1.165) is 29.7 Å². The van der Waals surface area contributed by atoms with E-state index >= 15 is 0 Å². The Bertz CT molecular complexity index is 1110. The minimum absolute atomic E-state index is 0.206. The molecule has 1 unspecified atom stereocenters. The van der Waals surface area contributed by atoms with E-state index in [1.54, 1.807) is 17.0 Å². The van der Waals surface area contributed by atoms with Crippen LogP contribution in [0.25, 0.3) is 0 Å². The van der Waals surface area contributed by atoms with Crippen LogP contribution in [0, 0.1) is 0 Å². The fraction of sp³-hybridized carbons (Fsp3) is 0.364. The predicted molar refractivity (Wildman–Crippen MR) is 114 cm³/mol. The summed E-state index contributed by atoms with van der Waals surface area (Å²) in [5.41, 5.74) is 3.66. The molecule has 0 saturated carbocycles. The van der Waals surface area contributed by atoms with Gasteiger partial charge in [0, 0.05) is 18.3 Å². The van der Waals surface area contributed by atoms with Crippen LogP contribution in [0.2, 0.25) is 0 Å². The topological polar surface area (TPSA) is 84.0 Å². The smallest absolute Gasteiger partial charge is 0.338 e. The molecule has 1 amide bonds. The normalized spacial score (nSPS) is 18.0. The highest BCUT2D eigenvalue weighted by atomic mass is 32.2. The summed E-state index contributed by atoms with van der Waals surface area (Å²) in [4.78, 5) is 26.8. The Hall–Kier alpha value is -2.87. The quantitative estimate of drug-likeness (QED) is 0.699. The lowest BCUT2D eigenvalue weighted by Crippen LogP contribution is -2.38. The molecule has 2 heterocycles. The molecule has 0 saturated heterocycles. The molecule has 0 fully saturated rings. The number of benzene rings is 2. The van der Waals surface area contributed by atoms with E-state index in [2.05, 4.69) is 0 Å². The number of amides is 1. The number of esters is 1. The fourth-order valence-electron chi connectivity index (χ4n) is 4.32. The molecule has 2 aliphatic heterocycles. The number of rotatable bonds is 4. The van der Waals surface area contributed by atoms with Crippen molar-refractivity contribution in [1.82, 2.24) is 0 Å². The molecule has 4 rings (SSSR count). The van der Waals surface area contributed by atoms with Crippen LogP contribution in [-0.4, -0.2) is 45.7 Å². The zero-order chi connectivity index (χ0) is 21.5. The Morgan fingerprint density at radius 3 is 2.63 bits per heavy atom. The second-order valence-electron chi connectivity index (χ2n) is 7.81. The van der Waals surface area contributed by atoms with Crippen LogP contribution in [-0.2, 0) is 32.4 Å². The lowest BCUT2D eigenvalue weighted by molar-refractivity contribution is -0.121. The van der Waals surface area contributed by atoms with Crippen LogP contribution >= 0.6 is 0 Å². The lowest BCUT2D eigenvalue weighted by Gasteiger charge is -2.29. The Morgan fingerprint density at radius 1 is 1.10 bits per heavy atom. The third-order valence-electron chi connectivity index (χ3n) is 5.56. The van der Waals surface area contributed by atoms with Gasteiger partial charge in [-0.3, -0.25) is 9.10 Å². The molecule has 1 atom stereocenters. The van der Waals surface area contributed by atoms with Gasteiger partial charge in [-0.05, 0) is 61.6 Å². The number of para-hydroxylation sites is 1. The van der Waals surface area contributed by atoms with E-state index in [1.807, 2.05) is 31.2 Å². The molecule has 0 bridgehead atoms. The highest BCUT2D eigenvalue weighted by Gasteiger charge is 2.33. The molecule has 0 aromatic heterocycles. The van der Waals surface area contributed by atoms with Crippen molar-refractivity contribution in [2.75, 3.05) is 28.6 Å². The number of ether oxygens (including phenoxy) is 1. The Morgan fingerprint density at radius 2 is 1.87 bits per heavy atom. The van der Waals surface area contributed by atoms with Gasteiger partial charge in [-0.25, -0.2) is 13.2 Å². The van der Waals surface area contributed by atoms with Gasteiger partial charge in [0.05, 0.1) is 17.5 Å². The van der Waals surface area contributed by atoms with Crippen LogP contribution in [0.5, 0.6) is 0 Å². The predicted octanol–water partition coefficient (Wildman–Crippen LogP) is 2.53. The number of aryl methyl sites for hydroxylation is 1. The van der Waals surface area contributed by atoms with Crippen molar-refractivity contribution in [3.8, 4) is 0 Å². The summed E-state index contributed by atoms with van der Waals surface area (Å²) in [5, 5.41) is 0. The van der Waals surface area contributed by atoms with Crippen molar-refractivity contribution in [2.24, 2.45) is 0 Å². The van der Waals surface area contributed by atoms with E-state index < -0.39 is 16.0 Å². The zero-order valence-corrected chi connectivity index (χ0v) is 17.8.